The second-order valence-corrected chi connectivity index (χ2v) is 6.37. The van der Waals surface area contributed by atoms with Crippen molar-refractivity contribution in [3.8, 4) is 11.5 Å². The molecule has 0 radical (unpaired) electrons. The average Bonchev–Trinajstić information content (AvgIpc) is 2.99. The van der Waals surface area contributed by atoms with Gasteiger partial charge in [-0.2, -0.15) is 0 Å². The van der Waals surface area contributed by atoms with Crippen LogP contribution in [0.25, 0.3) is 0 Å². The van der Waals surface area contributed by atoms with E-state index < -0.39 is 11.9 Å². The molecule has 3 rings (SSSR count). The molecule has 0 saturated carbocycles. The van der Waals surface area contributed by atoms with Crippen molar-refractivity contribution in [3.63, 3.8) is 0 Å². The SMILES string of the molecule is COc1cccc(N2CC(C(=O)Oc3ccc(Cl)cc3C)CC2=O)c1. The minimum absolute atomic E-state index is 0.108. The van der Waals surface area contributed by atoms with Gasteiger partial charge in [-0.25, -0.2) is 0 Å². The maximum atomic E-state index is 12.4. The van der Waals surface area contributed by atoms with E-state index in [1.807, 2.05) is 19.1 Å². The molecule has 2 aromatic rings. The summed E-state index contributed by atoms with van der Waals surface area (Å²) in [5, 5.41) is 0.581. The fourth-order valence-electron chi connectivity index (χ4n) is 2.81. The van der Waals surface area contributed by atoms with Gasteiger partial charge in [0.25, 0.3) is 0 Å². The molecule has 0 aromatic heterocycles. The number of hydrogen-bond acceptors (Lipinski definition) is 4. The Kier molecular flexibility index (Phi) is 4.95. The Hall–Kier alpha value is -2.53. The monoisotopic (exact) mass is 359 g/mol. The van der Waals surface area contributed by atoms with Gasteiger partial charge in [0.2, 0.25) is 5.91 Å². The molecule has 1 aliphatic rings. The van der Waals surface area contributed by atoms with Crippen LogP contribution >= 0.6 is 11.6 Å². The Bertz CT molecular complexity index is 821. The van der Waals surface area contributed by atoms with Crippen LogP contribution in [0.3, 0.4) is 0 Å². The highest BCUT2D eigenvalue weighted by atomic mass is 35.5. The van der Waals surface area contributed by atoms with Crippen molar-refractivity contribution in [2.45, 2.75) is 13.3 Å². The van der Waals surface area contributed by atoms with E-state index in [0.29, 0.717) is 22.2 Å². The van der Waals surface area contributed by atoms with Crippen molar-refractivity contribution in [1.29, 1.82) is 0 Å². The summed E-state index contributed by atoms with van der Waals surface area (Å²) in [7, 11) is 1.57. The summed E-state index contributed by atoms with van der Waals surface area (Å²) >= 11 is 5.91. The Balaban J connectivity index is 1.72. The normalized spacial score (nSPS) is 16.8. The fourth-order valence-corrected chi connectivity index (χ4v) is 3.04. The summed E-state index contributed by atoms with van der Waals surface area (Å²) in [6, 6.07) is 12.3. The number of ether oxygens (including phenoxy) is 2. The van der Waals surface area contributed by atoms with E-state index in [1.54, 1.807) is 42.3 Å². The lowest BCUT2D eigenvalue weighted by atomic mass is 10.1. The lowest BCUT2D eigenvalue weighted by Gasteiger charge is -2.17. The van der Waals surface area contributed by atoms with Crippen LogP contribution in [0.5, 0.6) is 11.5 Å². The van der Waals surface area contributed by atoms with Crippen molar-refractivity contribution >= 4 is 29.2 Å². The number of rotatable bonds is 4. The zero-order chi connectivity index (χ0) is 18.0. The summed E-state index contributed by atoms with van der Waals surface area (Å²) in [5.41, 5.74) is 1.48. The molecular weight excluding hydrogens is 342 g/mol. The maximum absolute atomic E-state index is 12.4. The van der Waals surface area contributed by atoms with E-state index in [2.05, 4.69) is 0 Å². The third-order valence-corrected chi connectivity index (χ3v) is 4.41. The number of esters is 1. The Morgan fingerprint density at radius 2 is 2.04 bits per heavy atom. The molecule has 6 heteroatoms. The predicted molar refractivity (Wildman–Crippen MR) is 95.3 cm³/mol. The number of nitrogens with zero attached hydrogens (tertiary/aromatic N) is 1. The molecular formula is C19H18ClNO4. The molecule has 1 aliphatic heterocycles. The van der Waals surface area contributed by atoms with Crippen LogP contribution in [-0.4, -0.2) is 25.5 Å². The highest BCUT2D eigenvalue weighted by Gasteiger charge is 2.36. The number of halogens is 1. The van der Waals surface area contributed by atoms with E-state index in [4.69, 9.17) is 21.1 Å². The number of anilines is 1. The minimum Gasteiger partial charge on any atom is -0.497 e. The van der Waals surface area contributed by atoms with Gasteiger partial charge in [-0.1, -0.05) is 17.7 Å². The second-order valence-electron chi connectivity index (χ2n) is 5.94. The predicted octanol–water partition coefficient (Wildman–Crippen LogP) is 3.62. The number of benzene rings is 2. The molecule has 1 fully saturated rings. The van der Waals surface area contributed by atoms with Crippen LogP contribution < -0.4 is 14.4 Å². The molecule has 25 heavy (non-hydrogen) atoms. The summed E-state index contributed by atoms with van der Waals surface area (Å²) in [6.45, 7) is 2.11. The first-order valence-corrected chi connectivity index (χ1v) is 8.28. The van der Waals surface area contributed by atoms with Crippen molar-refractivity contribution in [1.82, 2.24) is 0 Å². The third-order valence-electron chi connectivity index (χ3n) is 4.17. The third kappa shape index (κ3) is 3.77. The van der Waals surface area contributed by atoms with Crippen molar-refractivity contribution in [3.05, 3.63) is 53.1 Å². The smallest absolute Gasteiger partial charge is 0.316 e. The standard InChI is InChI=1S/C19H18ClNO4/c1-12-8-14(20)6-7-17(12)25-19(23)13-9-18(22)21(11-13)15-4-3-5-16(10-15)24-2/h3-8,10,13H,9,11H2,1-2H3. The summed E-state index contributed by atoms with van der Waals surface area (Å²) in [5.74, 6) is 0.0933. The van der Waals surface area contributed by atoms with Gasteiger partial charge < -0.3 is 14.4 Å². The highest BCUT2D eigenvalue weighted by Crippen LogP contribution is 2.29. The molecule has 1 atom stereocenters. The van der Waals surface area contributed by atoms with E-state index >= 15 is 0 Å². The van der Waals surface area contributed by atoms with Crippen molar-refractivity contribution < 1.29 is 19.1 Å². The van der Waals surface area contributed by atoms with Gasteiger partial charge in [-0.05, 0) is 42.8 Å². The number of methoxy groups -OCH3 is 1. The lowest BCUT2D eigenvalue weighted by molar-refractivity contribution is -0.139. The topological polar surface area (TPSA) is 55.8 Å². The first kappa shape index (κ1) is 17.3. The van der Waals surface area contributed by atoms with Crippen LogP contribution in [0.2, 0.25) is 5.02 Å². The van der Waals surface area contributed by atoms with Gasteiger partial charge >= 0.3 is 5.97 Å². The number of amides is 1. The zero-order valence-corrected chi connectivity index (χ0v) is 14.7. The first-order valence-electron chi connectivity index (χ1n) is 7.90. The van der Waals surface area contributed by atoms with Gasteiger partial charge in [-0.3, -0.25) is 9.59 Å². The average molecular weight is 360 g/mol. The van der Waals surface area contributed by atoms with Gasteiger partial charge in [0.1, 0.15) is 11.5 Å². The van der Waals surface area contributed by atoms with Crippen LogP contribution in [0.4, 0.5) is 5.69 Å². The lowest BCUT2D eigenvalue weighted by Crippen LogP contribution is -2.27. The molecule has 1 amide bonds. The van der Waals surface area contributed by atoms with Crippen LogP contribution in [-0.2, 0) is 9.59 Å². The molecule has 0 spiro atoms. The molecule has 130 valence electrons. The van der Waals surface area contributed by atoms with Crippen LogP contribution in [0, 0.1) is 12.8 Å². The molecule has 1 unspecified atom stereocenters. The summed E-state index contributed by atoms with van der Waals surface area (Å²) < 4.78 is 10.6. The molecule has 1 saturated heterocycles. The first-order chi connectivity index (χ1) is 12.0. The highest BCUT2D eigenvalue weighted by molar-refractivity contribution is 6.30. The largest absolute Gasteiger partial charge is 0.497 e. The zero-order valence-electron chi connectivity index (χ0n) is 14.0. The van der Waals surface area contributed by atoms with Crippen molar-refractivity contribution in [2.75, 3.05) is 18.6 Å². The molecule has 1 heterocycles. The number of hydrogen-bond donors (Lipinski definition) is 0. The van der Waals surface area contributed by atoms with Crippen LogP contribution in [0.1, 0.15) is 12.0 Å². The van der Waals surface area contributed by atoms with Gasteiger partial charge in [0, 0.05) is 29.7 Å². The quantitative estimate of drug-likeness (QED) is 0.618. The molecule has 0 aliphatic carbocycles. The van der Waals surface area contributed by atoms with E-state index in [0.717, 1.165) is 5.56 Å². The van der Waals surface area contributed by atoms with Gasteiger partial charge in [0.15, 0.2) is 0 Å². The number of carbonyl (C=O) groups excluding carboxylic acids is 2. The maximum Gasteiger partial charge on any atom is 0.316 e. The Morgan fingerprint density at radius 1 is 1.24 bits per heavy atom. The Labute approximate surface area is 151 Å². The summed E-state index contributed by atoms with van der Waals surface area (Å²) in [4.78, 5) is 26.3. The van der Waals surface area contributed by atoms with Gasteiger partial charge in [-0.15, -0.1) is 0 Å². The van der Waals surface area contributed by atoms with E-state index in [1.165, 1.54) is 0 Å². The van der Waals surface area contributed by atoms with Gasteiger partial charge in [0.05, 0.1) is 13.0 Å². The molecule has 5 nitrogen and oxygen atoms in total. The number of carbonyl (C=O) groups is 2. The minimum atomic E-state index is -0.506. The van der Waals surface area contributed by atoms with E-state index in [-0.39, 0.29) is 18.9 Å². The second kappa shape index (κ2) is 7.15. The molecule has 0 N–H and O–H groups in total. The summed E-state index contributed by atoms with van der Waals surface area (Å²) in [6.07, 6.45) is 0.128. The number of aryl methyl sites for hydroxylation is 1. The fraction of sp³-hybridized carbons (Fsp3) is 0.263. The van der Waals surface area contributed by atoms with Crippen LogP contribution in [0.15, 0.2) is 42.5 Å². The van der Waals surface area contributed by atoms with Crippen molar-refractivity contribution in [2.24, 2.45) is 5.92 Å². The molecule has 2 aromatic carbocycles. The van der Waals surface area contributed by atoms with E-state index in [9.17, 15) is 9.59 Å². The Morgan fingerprint density at radius 3 is 2.76 bits per heavy atom. The molecule has 0 bridgehead atoms.